The van der Waals surface area contributed by atoms with E-state index in [1.54, 1.807) is 0 Å². The van der Waals surface area contributed by atoms with Crippen molar-refractivity contribution in [2.24, 2.45) is 0 Å². The van der Waals surface area contributed by atoms with Crippen LogP contribution in [0, 0.1) is 0 Å². The molecule has 1 unspecified atom stereocenters. The molecular formula is C14H15NO2. The molecule has 0 fully saturated rings. The highest BCUT2D eigenvalue weighted by Crippen LogP contribution is 2.17. The van der Waals surface area contributed by atoms with E-state index < -0.39 is 12.0 Å². The van der Waals surface area contributed by atoms with Crippen LogP contribution in [0.5, 0.6) is 0 Å². The summed E-state index contributed by atoms with van der Waals surface area (Å²) in [4.78, 5) is 11.3. The average Bonchev–Trinajstić information content (AvgIpc) is 2.38. The molecule has 1 aliphatic carbocycles. The van der Waals surface area contributed by atoms with Gasteiger partial charge < -0.3 is 10.4 Å². The number of hydrogen-bond donors (Lipinski definition) is 2. The first-order valence-electron chi connectivity index (χ1n) is 5.65. The summed E-state index contributed by atoms with van der Waals surface area (Å²) in [6.07, 6.45) is 7.79. The minimum Gasteiger partial charge on any atom is -0.479 e. The second-order valence-electron chi connectivity index (χ2n) is 3.97. The van der Waals surface area contributed by atoms with Gasteiger partial charge in [0.15, 0.2) is 0 Å². The molecule has 0 saturated heterocycles. The zero-order valence-corrected chi connectivity index (χ0v) is 9.47. The van der Waals surface area contributed by atoms with Crippen LogP contribution in [0.1, 0.15) is 24.4 Å². The highest BCUT2D eigenvalue weighted by Gasteiger charge is 2.19. The molecule has 0 heterocycles. The Morgan fingerprint density at radius 1 is 1.24 bits per heavy atom. The molecule has 2 rings (SSSR count). The third-order valence-electron chi connectivity index (χ3n) is 2.71. The maximum Gasteiger partial charge on any atom is 0.330 e. The number of carbonyl (C=O) groups is 1. The lowest BCUT2D eigenvalue weighted by atomic mass is 10.1. The normalized spacial score (nSPS) is 16.1. The van der Waals surface area contributed by atoms with Crippen LogP contribution >= 0.6 is 0 Å². The second kappa shape index (κ2) is 5.34. The van der Waals surface area contributed by atoms with Gasteiger partial charge >= 0.3 is 5.97 Å². The minimum absolute atomic E-state index is 0.672. The highest BCUT2D eigenvalue weighted by molar-refractivity contribution is 5.75. The van der Waals surface area contributed by atoms with Crippen LogP contribution in [0.4, 0.5) is 0 Å². The van der Waals surface area contributed by atoms with Gasteiger partial charge in [0.25, 0.3) is 0 Å². The van der Waals surface area contributed by atoms with E-state index in [2.05, 4.69) is 11.4 Å². The molecule has 0 amide bonds. The van der Waals surface area contributed by atoms with Gasteiger partial charge in [-0.15, -0.1) is 0 Å². The lowest BCUT2D eigenvalue weighted by molar-refractivity contribution is -0.139. The van der Waals surface area contributed by atoms with Crippen LogP contribution in [0.25, 0.3) is 0 Å². The molecule has 1 aliphatic rings. The third kappa shape index (κ3) is 2.97. The number of hydrogen-bond acceptors (Lipinski definition) is 2. The van der Waals surface area contributed by atoms with Crippen LogP contribution in [0.3, 0.4) is 0 Å². The lowest BCUT2D eigenvalue weighted by Crippen LogP contribution is -2.28. The topological polar surface area (TPSA) is 49.3 Å². The molecule has 0 spiro atoms. The van der Waals surface area contributed by atoms with Crippen LogP contribution in [0.2, 0.25) is 0 Å². The smallest absolute Gasteiger partial charge is 0.330 e. The number of carboxylic acid groups (broad SMARTS) is 1. The molecule has 0 saturated carbocycles. The van der Waals surface area contributed by atoms with Crippen molar-refractivity contribution in [3.8, 4) is 0 Å². The van der Waals surface area contributed by atoms with Gasteiger partial charge in [-0.3, -0.25) is 0 Å². The molecule has 2 N–H and O–H groups in total. The fraction of sp³-hybridized carbons (Fsp3) is 0.214. The van der Waals surface area contributed by atoms with Gasteiger partial charge in [-0.25, -0.2) is 4.79 Å². The Kier molecular flexibility index (Phi) is 3.60. The zero-order chi connectivity index (χ0) is 12.1. The summed E-state index contributed by atoms with van der Waals surface area (Å²) in [6.45, 7) is 0. The second-order valence-corrected chi connectivity index (χ2v) is 3.97. The van der Waals surface area contributed by atoms with Crippen molar-refractivity contribution in [3.63, 3.8) is 0 Å². The van der Waals surface area contributed by atoms with E-state index in [4.69, 9.17) is 0 Å². The Labute approximate surface area is 100 Å². The molecule has 88 valence electrons. The van der Waals surface area contributed by atoms with E-state index in [9.17, 15) is 9.90 Å². The monoisotopic (exact) mass is 229 g/mol. The average molecular weight is 229 g/mol. The fourth-order valence-electron chi connectivity index (χ4n) is 1.84. The third-order valence-corrected chi connectivity index (χ3v) is 2.71. The maximum atomic E-state index is 11.3. The Balaban J connectivity index is 2.13. The molecule has 1 aromatic rings. The van der Waals surface area contributed by atoms with Crippen molar-refractivity contribution in [3.05, 3.63) is 59.8 Å². The summed E-state index contributed by atoms with van der Waals surface area (Å²) in [5, 5.41) is 12.3. The molecular weight excluding hydrogens is 214 g/mol. The maximum absolute atomic E-state index is 11.3. The molecule has 0 bridgehead atoms. The highest BCUT2D eigenvalue weighted by atomic mass is 16.4. The number of carboxylic acids is 1. The standard InChI is InChI=1S/C14H15NO2/c16-14(17)13(11-7-3-1-4-8-11)15-12-9-5-2-6-10-12/h1-5,7-8,10,13,15H,6,9H2,(H,16,17). The molecule has 1 aromatic carbocycles. The molecule has 17 heavy (non-hydrogen) atoms. The van der Waals surface area contributed by atoms with E-state index in [1.165, 1.54) is 0 Å². The van der Waals surface area contributed by atoms with Crippen LogP contribution in [-0.4, -0.2) is 11.1 Å². The summed E-state index contributed by atoms with van der Waals surface area (Å²) in [5.41, 5.74) is 1.75. The van der Waals surface area contributed by atoms with E-state index in [1.807, 2.05) is 42.5 Å². The Bertz CT molecular complexity index is 449. The summed E-state index contributed by atoms with van der Waals surface area (Å²) in [5.74, 6) is -0.855. The Hall–Kier alpha value is -2.03. The van der Waals surface area contributed by atoms with Crippen LogP contribution in [0.15, 0.2) is 54.3 Å². The minimum atomic E-state index is -0.855. The first-order chi connectivity index (χ1) is 8.27. The van der Waals surface area contributed by atoms with Crippen molar-refractivity contribution in [1.29, 1.82) is 0 Å². The zero-order valence-electron chi connectivity index (χ0n) is 9.47. The SMILES string of the molecule is O=C(O)C(NC1=CCC=CC1)c1ccccc1. The van der Waals surface area contributed by atoms with Gasteiger partial charge in [-0.2, -0.15) is 0 Å². The van der Waals surface area contributed by atoms with Gasteiger partial charge in [0.05, 0.1) is 0 Å². The fourth-order valence-corrected chi connectivity index (χ4v) is 1.84. The lowest BCUT2D eigenvalue weighted by Gasteiger charge is -2.19. The van der Waals surface area contributed by atoms with Crippen LogP contribution < -0.4 is 5.32 Å². The number of allylic oxidation sites excluding steroid dienone is 3. The van der Waals surface area contributed by atoms with Crippen LogP contribution in [-0.2, 0) is 4.79 Å². The van der Waals surface area contributed by atoms with Crippen molar-refractivity contribution >= 4 is 5.97 Å². The van der Waals surface area contributed by atoms with E-state index in [0.29, 0.717) is 0 Å². The predicted molar refractivity (Wildman–Crippen MR) is 66.4 cm³/mol. The number of rotatable bonds is 4. The summed E-state index contributed by atoms with van der Waals surface area (Å²) >= 11 is 0. The van der Waals surface area contributed by atoms with Crippen molar-refractivity contribution in [2.75, 3.05) is 0 Å². The van der Waals surface area contributed by atoms with Crippen molar-refractivity contribution in [2.45, 2.75) is 18.9 Å². The van der Waals surface area contributed by atoms with Crippen molar-refractivity contribution in [1.82, 2.24) is 5.32 Å². The van der Waals surface area contributed by atoms with Crippen molar-refractivity contribution < 1.29 is 9.90 Å². The van der Waals surface area contributed by atoms with E-state index in [-0.39, 0.29) is 0 Å². The number of aliphatic carboxylic acids is 1. The molecule has 3 heteroatoms. The van der Waals surface area contributed by atoms with Gasteiger partial charge in [-0.1, -0.05) is 48.6 Å². The van der Waals surface area contributed by atoms with Gasteiger partial charge in [-0.05, 0) is 12.0 Å². The Morgan fingerprint density at radius 2 is 2.00 bits per heavy atom. The van der Waals surface area contributed by atoms with Gasteiger partial charge in [0.1, 0.15) is 6.04 Å². The first kappa shape index (κ1) is 11.5. The molecule has 3 nitrogen and oxygen atoms in total. The summed E-state index contributed by atoms with van der Waals surface area (Å²) < 4.78 is 0. The van der Waals surface area contributed by atoms with Gasteiger partial charge in [0, 0.05) is 12.1 Å². The van der Waals surface area contributed by atoms with E-state index >= 15 is 0 Å². The Morgan fingerprint density at radius 3 is 2.59 bits per heavy atom. The summed E-state index contributed by atoms with van der Waals surface area (Å²) in [7, 11) is 0. The molecule has 0 aromatic heterocycles. The first-order valence-corrected chi connectivity index (χ1v) is 5.65. The van der Waals surface area contributed by atoms with E-state index in [0.717, 1.165) is 24.1 Å². The summed E-state index contributed by atoms with van der Waals surface area (Å²) in [6, 6.07) is 8.56. The van der Waals surface area contributed by atoms with Gasteiger partial charge in [0.2, 0.25) is 0 Å². The molecule has 1 atom stereocenters. The molecule has 0 aliphatic heterocycles. The quantitative estimate of drug-likeness (QED) is 0.780. The molecule has 0 radical (unpaired) electrons. The largest absolute Gasteiger partial charge is 0.479 e. The predicted octanol–water partition coefficient (Wildman–Crippen LogP) is 2.64. The number of nitrogens with one attached hydrogen (secondary N) is 1. The number of benzene rings is 1.